The maximum atomic E-state index is 13.9. The van der Waals surface area contributed by atoms with Crippen molar-refractivity contribution >= 4 is 16.8 Å². The Hall–Kier alpha value is -2.21. The topological polar surface area (TPSA) is 51.5 Å². The zero-order valence-electron chi connectivity index (χ0n) is 19.6. The van der Waals surface area contributed by atoms with E-state index in [1.165, 1.54) is 18.2 Å². The van der Waals surface area contributed by atoms with Crippen LogP contribution < -0.4 is 5.43 Å². The Bertz CT molecular complexity index is 923. The van der Waals surface area contributed by atoms with Gasteiger partial charge in [-0.2, -0.15) is 0 Å². The van der Waals surface area contributed by atoms with E-state index in [9.17, 15) is 14.0 Å². The molecule has 0 N–H and O–H groups in total. The number of halogens is 1. The van der Waals surface area contributed by atoms with Crippen LogP contribution in [0.25, 0.3) is 10.9 Å². The molecule has 1 amide bonds. The Kier molecular flexibility index (Phi) is 9.69. The quantitative estimate of drug-likeness (QED) is 0.423. The van der Waals surface area contributed by atoms with Gasteiger partial charge in [0.1, 0.15) is 11.4 Å². The number of carbonyl (C=O) groups is 1. The zero-order valence-corrected chi connectivity index (χ0v) is 19.6. The summed E-state index contributed by atoms with van der Waals surface area (Å²) in [5.74, 6) is -0.633. The second-order valence-corrected chi connectivity index (χ2v) is 8.44. The summed E-state index contributed by atoms with van der Waals surface area (Å²) in [4.78, 5) is 28.7. The first-order valence-electron chi connectivity index (χ1n) is 11.5. The van der Waals surface area contributed by atoms with E-state index >= 15 is 0 Å². The highest BCUT2D eigenvalue weighted by atomic mass is 19.1. The maximum Gasteiger partial charge on any atom is 0.259 e. The van der Waals surface area contributed by atoms with Crippen molar-refractivity contribution in [3.63, 3.8) is 0 Å². The van der Waals surface area contributed by atoms with Crippen LogP contribution in [0.1, 0.15) is 76.6 Å². The molecule has 6 heteroatoms. The van der Waals surface area contributed by atoms with Crippen molar-refractivity contribution in [1.29, 1.82) is 0 Å². The molecule has 1 atom stereocenters. The van der Waals surface area contributed by atoms with Gasteiger partial charge in [0, 0.05) is 43.9 Å². The van der Waals surface area contributed by atoms with Gasteiger partial charge in [-0.05, 0) is 57.7 Å². The minimum Gasteiger partial charge on any atom is -0.385 e. The van der Waals surface area contributed by atoms with Crippen LogP contribution in [0.2, 0.25) is 0 Å². The fourth-order valence-electron chi connectivity index (χ4n) is 4.17. The monoisotopic (exact) mass is 432 g/mol. The van der Waals surface area contributed by atoms with Gasteiger partial charge >= 0.3 is 0 Å². The summed E-state index contributed by atoms with van der Waals surface area (Å²) in [6.07, 6.45) is 7.13. The Balaban J connectivity index is 2.53. The van der Waals surface area contributed by atoms with Crippen LogP contribution in [0, 0.1) is 5.82 Å². The van der Waals surface area contributed by atoms with E-state index in [1.807, 2.05) is 23.3 Å². The molecule has 0 radical (unpaired) electrons. The number of carbonyl (C=O) groups excluding carboxylic acids is 1. The van der Waals surface area contributed by atoms with Crippen LogP contribution in [-0.4, -0.2) is 41.2 Å². The summed E-state index contributed by atoms with van der Waals surface area (Å²) in [5.41, 5.74) is 0.353. The van der Waals surface area contributed by atoms with Gasteiger partial charge < -0.3 is 14.2 Å². The van der Waals surface area contributed by atoms with Crippen LogP contribution >= 0.6 is 0 Å². The number of ether oxygens (including phenoxy) is 1. The number of aromatic nitrogens is 1. The summed E-state index contributed by atoms with van der Waals surface area (Å²) < 4.78 is 20.9. The van der Waals surface area contributed by atoms with Crippen molar-refractivity contribution in [1.82, 2.24) is 9.47 Å². The van der Waals surface area contributed by atoms with Crippen LogP contribution in [0.5, 0.6) is 0 Å². The summed E-state index contributed by atoms with van der Waals surface area (Å²) in [6.45, 7) is 9.42. The van der Waals surface area contributed by atoms with E-state index in [4.69, 9.17) is 4.74 Å². The standard InChI is InChI=1S/C25H37FN2O3/c1-6-8-11-20(7-2)28(18(3)4)25(30)22-17-27(14-9-10-15-31-5)23-16-19(26)12-13-21(23)24(22)29/h12-13,16-18,20H,6-11,14-15H2,1-5H3/t20-/m0/s1. The molecular weight excluding hydrogens is 395 g/mol. The molecule has 0 aliphatic carbocycles. The van der Waals surface area contributed by atoms with Crippen LogP contribution in [-0.2, 0) is 11.3 Å². The first kappa shape index (κ1) is 25.1. The first-order valence-corrected chi connectivity index (χ1v) is 11.5. The fraction of sp³-hybridized carbons (Fsp3) is 0.600. The van der Waals surface area contributed by atoms with Crippen LogP contribution in [0.3, 0.4) is 0 Å². The molecule has 0 unspecified atom stereocenters. The molecule has 0 saturated carbocycles. The van der Waals surface area contributed by atoms with Gasteiger partial charge in [0.2, 0.25) is 5.43 Å². The second kappa shape index (κ2) is 12.0. The Morgan fingerprint density at radius 2 is 1.94 bits per heavy atom. The highest BCUT2D eigenvalue weighted by molar-refractivity contribution is 5.97. The molecule has 1 heterocycles. The van der Waals surface area contributed by atoms with E-state index < -0.39 is 5.82 Å². The molecule has 0 saturated heterocycles. The third-order valence-corrected chi connectivity index (χ3v) is 5.82. The summed E-state index contributed by atoms with van der Waals surface area (Å²) in [6, 6.07) is 4.21. The minimum absolute atomic E-state index is 0.0206. The lowest BCUT2D eigenvalue weighted by atomic mass is 10.0. The first-order chi connectivity index (χ1) is 14.8. The number of unbranched alkanes of at least 4 members (excludes halogenated alkanes) is 2. The number of rotatable bonds is 12. The number of nitrogens with zero attached hydrogens (tertiary/aromatic N) is 2. The molecule has 2 rings (SSSR count). The van der Waals surface area contributed by atoms with E-state index in [2.05, 4.69) is 13.8 Å². The smallest absolute Gasteiger partial charge is 0.259 e. The number of pyridine rings is 1. The third-order valence-electron chi connectivity index (χ3n) is 5.82. The van der Waals surface area contributed by atoms with Gasteiger partial charge in [-0.3, -0.25) is 9.59 Å². The van der Waals surface area contributed by atoms with Gasteiger partial charge in [0.15, 0.2) is 0 Å². The summed E-state index contributed by atoms with van der Waals surface area (Å²) >= 11 is 0. The van der Waals surface area contributed by atoms with Crippen molar-refractivity contribution in [2.24, 2.45) is 0 Å². The SMILES string of the molecule is CCCC[C@H](CC)N(C(=O)c1cn(CCCCOC)c2cc(F)ccc2c1=O)C(C)C. The van der Waals surface area contributed by atoms with Crippen molar-refractivity contribution in [3.05, 3.63) is 46.0 Å². The molecule has 0 aliphatic heterocycles. The molecule has 1 aromatic heterocycles. The van der Waals surface area contributed by atoms with Gasteiger partial charge in [-0.1, -0.05) is 26.7 Å². The molecule has 31 heavy (non-hydrogen) atoms. The molecule has 0 fully saturated rings. The zero-order chi connectivity index (χ0) is 23.0. The number of hydrogen-bond acceptors (Lipinski definition) is 3. The largest absolute Gasteiger partial charge is 0.385 e. The number of amides is 1. The van der Waals surface area contributed by atoms with E-state index in [0.29, 0.717) is 24.1 Å². The normalized spacial score (nSPS) is 12.5. The molecular formula is C25H37FN2O3. The lowest BCUT2D eigenvalue weighted by Crippen LogP contribution is -2.46. The Morgan fingerprint density at radius 3 is 2.55 bits per heavy atom. The van der Waals surface area contributed by atoms with E-state index in [-0.39, 0.29) is 29.0 Å². The fourth-order valence-corrected chi connectivity index (χ4v) is 4.17. The lowest BCUT2D eigenvalue weighted by Gasteiger charge is -2.35. The third kappa shape index (κ3) is 6.16. The molecule has 1 aromatic carbocycles. The Labute approximate surface area is 185 Å². The predicted octanol–water partition coefficient (Wildman–Crippen LogP) is 5.39. The highest BCUT2D eigenvalue weighted by Gasteiger charge is 2.28. The average molecular weight is 433 g/mol. The molecule has 0 bridgehead atoms. The molecule has 0 aliphatic rings. The second-order valence-electron chi connectivity index (χ2n) is 8.44. The maximum absolute atomic E-state index is 13.9. The van der Waals surface area contributed by atoms with Gasteiger partial charge in [-0.25, -0.2) is 4.39 Å². The molecule has 5 nitrogen and oxygen atoms in total. The Morgan fingerprint density at radius 1 is 1.19 bits per heavy atom. The molecule has 2 aromatic rings. The highest BCUT2D eigenvalue weighted by Crippen LogP contribution is 2.21. The number of methoxy groups -OCH3 is 1. The summed E-state index contributed by atoms with van der Waals surface area (Å²) in [7, 11) is 1.66. The van der Waals surface area contributed by atoms with Crippen molar-refractivity contribution in [2.45, 2.75) is 84.8 Å². The minimum atomic E-state index is -0.397. The molecule has 172 valence electrons. The van der Waals surface area contributed by atoms with Crippen molar-refractivity contribution < 1.29 is 13.9 Å². The molecule has 0 spiro atoms. The van der Waals surface area contributed by atoms with E-state index in [1.54, 1.807) is 13.3 Å². The van der Waals surface area contributed by atoms with Crippen molar-refractivity contribution in [3.8, 4) is 0 Å². The number of aryl methyl sites for hydroxylation is 1. The number of benzene rings is 1. The van der Waals surface area contributed by atoms with Gasteiger partial charge in [0.05, 0.1) is 5.52 Å². The number of fused-ring (bicyclic) bond motifs is 1. The predicted molar refractivity (Wildman–Crippen MR) is 124 cm³/mol. The number of hydrogen-bond donors (Lipinski definition) is 0. The van der Waals surface area contributed by atoms with Gasteiger partial charge in [0.25, 0.3) is 5.91 Å². The van der Waals surface area contributed by atoms with Crippen molar-refractivity contribution in [2.75, 3.05) is 13.7 Å². The average Bonchev–Trinajstić information content (AvgIpc) is 2.74. The van der Waals surface area contributed by atoms with E-state index in [0.717, 1.165) is 38.5 Å². The van der Waals surface area contributed by atoms with Crippen LogP contribution in [0.15, 0.2) is 29.2 Å². The lowest BCUT2D eigenvalue weighted by molar-refractivity contribution is 0.0585. The summed E-state index contributed by atoms with van der Waals surface area (Å²) in [5, 5.41) is 0.379. The van der Waals surface area contributed by atoms with Gasteiger partial charge in [-0.15, -0.1) is 0 Å². The van der Waals surface area contributed by atoms with Crippen LogP contribution in [0.4, 0.5) is 4.39 Å².